The number of nitrogens with two attached hydrogens (primary N) is 4. The van der Waals surface area contributed by atoms with Gasteiger partial charge in [0.15, 0.2) is 0 Å². The maximum atomic E-state index is 10.9. The molecule has 76 heavy (non-hydrogen) atoms. The quantitative estimate of drug-likeness (QED) is 0.0259. The van der Waals surface area contributed by atoms with Gasteiger partial charge in [0, 0.05) is 25.7 Å². The van der Waals surface area contributed by atoms with Crippen LogP contribution in [-0.2, 0) is 76.7 Å². The number of hydrogen-bond acceptors (Lipinski definition) is 20. The molecule has 0 rings (SSSR count). The molecular formula is C36H60N8Na4O28. The van der Waals surface area contributed by atoms with Crippen molar-refractivity contribution in [3.8, 4) is 0 Å². The zero-order valence-corrected chi connectivity index (χ0v) is 49.6. The molecule has 0 bridgehead atoms. The predicted octanol–water partition coefficient (Wildman–Crippen LogP) is -18.8. The maximum absolute atomic E-state index is 10.9. The Bertz CT molecular complexity index is 1670. The van der Waals surface area contributed by atoms with Crippen LogP contribution in [0.4, 0.5) is 0 Å². The molecule has 0 saturated heterocycles. The summed E-state index contributed by atoms with van der Waals surface area (Å²) >= 11 is 0. The van der Waals surface area contributed by atoms with E-state index in [2.05, 4.69) is 0 Å². The normalized spacial score (nSPS) is 11.4. The number of carbonyl (C=O) groups excluding carboxylic acids is 4. The molecule has 0 fully saturated rings. The number of nitrogens with zero attached hydrogens (tertiary/aromatic N) is 4. The molecule has 0 radical (unpaired) electrons. The summed E-state index contributed by atoms with van der Waals surface area (Å²) in [5.74, 6) is -19.5. The second-order valence-electron chi connectivity index (χ2n) is 14.2. The van der Waals surface area contributed by atoms with Crippen LogP contribution in [0.3, 0.4) is 0 Å². The Morgan fingerprint density at radius 3 is 0.434 bits per heavy atom. The van der Waals surface area contributed by atoms with Gasteiger partial charge in [-0.25, -0.2) is 0 Å². The molecule has 0 aromatic carbocycles. The minimum atomic E-state index is -1.40. The first-order valence-corrected chi connectivity index (χ1v) is 19.7. The van der Waals surface area contributed by atoms with Crippen molar-refractivity contribution in [2.24, 2.45) is 22.9 Å². The Hall–Kier alpha value is -4.64. The van der Waals surface area contributed by atoms with E-state index in [0.29, 0.717) is 0 Å². The van der Waals surface area contributed by atoms with Gasteiger partial charge in [-0.15, -0.1) is 0 Å². The first kappa shape index (κ1) is 88.0. The molecular weight excluding hydrogens is 1080 g/mol. The maximum Gasteiger partial charge on any atom is 1.00 e. The molecule has 0 aliphatic heterocycles. The minimum Gasteiger partial charge on any atom is -1.00 e. The first-order chi connectivity index (χ1) is 32.9. The molecule has 36 nitrogen and oxygen atoms in total. The average Bonchev–Trinajstić information content (AvgIpc) is 3.16. The summed E-state index contributed by atoms with van der Waals surface area (Å²) in [6, 6.07) is -5.54. The van der Waals surface area contributed by atoms with Crippen LogP contribution in [0.15, 0.2) is 0 Å². The van der Waals surface area contributed by atoms with Crippen molar-refractivity contribution in [2.45, 2.75) is 75.5 Å². The third-order valence-electron chi connectivity index (χ3n) is 8.27. The van der Waals surface area contributed by atoms with E-state index in [4.69, 9.17) is 84.2 Å². The summed E-state index contributed by atoms with van der Waals surface area (Å²) in [6.45, 7) is -5.98. The number of aliphatic carboxylic acids is 12. The summed E-state index contributed by atoms with van der Waals surface area (Å²) < 4.78 is 0. The molecule has 40 heteroatoms. The Kier molecular flexibility index (Phi) is 56.4. The topological polar surface area (TPSA) is 633 Å². The Morgan fingerprint density at radius 2 is 0.368 bits per heavy atom. The molecule has 0 aliphatic rings. The van der Waals surface area contributed by atoms with Crippen LogP contribution >= 0.6 is 0 Å². The number of carboxylic acids is 12. The fourth-order valence-corrected chi connectivity index (χ4v) is 5.46. The number of rotatable bonds is 36. The van der Waals surface area contributed by atoms with Gasteiger partial charge in [0.1, 0.15) is 24.2 Å². The average molecular weight is 1140 g/mol. The van der Waals surface area contributed by atoms with Crippen molar-refractivity contribution in [3.63, 3.8) is 0 Å². The van der Waals surface area contributed by atoms with E-state index in [0.717, 1.165) is 19.6 Å². The van der Waals surface area contributed by atoms with Gasteiger partial charge in [-0.1, -0.05) is 0 Å². The first-order valence-electron chi connectivity index (χ1n) is 19.7. The molecule has 20 N–H and O–H groups in total. The number of carbonyl (C=O) groups is 16. The fraction of sp³-hybridized carbons (Fsp3) is 0.556. The van der Waals surface area contributed by atoms with Crippen LogP contribution in [0, 0.1) is 0 Å². The van der Waals surface area contributed by atoms with Crippen molar-refractivity contribution in [2.75, 3.05) is 52.4 Å². The van der Waals surface area contributed by atoms with E-state index in [-0.39, 0.29) is 175 Å². The zero-order valence-electron chi connectivity index (χ0n) is 45.6. The van der Waals surface area contributed by atoms with Crippen LogP contribution in [-0.4, -0.2) is 253 Å². The number of hydrogen-bond donors (Lipinski definition) is 16. The molecule has 0 spiro atoms. The summed E-state index contributed by atoms with van der Waals surface area (Å²) in [6.07, 6.45) is -2.06. The van der Waals surface area contributed by atoms with Crippen LogP contribution in [0.5, 0.6) is 0 Å². The predicted molar refractivity (Wildman–Crippen MR) is 231 cm³/mol. The Balaban J connectivity index is -0.0000000746. The molecule has 0 aromatic rings. The number of primary amides is 4. The van der Waals surface area contributed by atoms with Gasteiger partial charge in [0.05, 0.1) is 52.4 Å². The van der Waals surface area contributed by atoms with Gasteiger partial charge in [-0.3, -0.25) is 96.3 Å². The molecule has 4 atom stereocenters. The van der Waals surface area contributed by atoms with Crippen LogP contribution in [0.1, 0.15) is 57.1 Å². The van der Waals surface area contributed by atoms with E-state index in [1.807, 2.05) is 0 Å². The van der Waals surface area contributed by atoms with Gasteiger partial charge in [0.25, 0.3) is 0 Å². The fourth-order valence-electron chi connectivity index (χ4n) is 5.46. The summed E-state index contributed by atoms with van der Waals surface area (Å²) in [5, 5.41) is 104. The zero-order chi connectivity index (χ0) is 57.2. The van der Waals surface area contributed by atoms with E-state index in [1.54, 1.807) is 0 Å². The Labute approximate surface area is 523 Å². The second kappa shape index (κ2) is 48.7. The van der Waals surface area contributed by atoms with Gasteiger partial charge < -0.3 is 89.9 Å². The molecule has 0 unspecified atom stereocenters. The Morgan fingerprint density at radius 1 is 0.263 bits per heavy atom. The molecule has 4 amide bonds. The van der Waals surface area contributed by atoms with Crippen molar-refractivity contribution in [1.82, 2.24) is 19.6 Å². The monoisotopic (exact) mass is 1140 g/mol. The molecule has 0 aromatic heterocycles. The van der Waals surface area contributed by atoms with E-state index in [9.17, 15) is 76.7 Å². The minimum absolute atomic E-state index is 0. The largest absolute Gasteiger partial charge is 1.00 e. The molecule has 0 aliphatic carbocycles. The number of amides is 4. The number of carboxylic acid groups (broad SMARTS) is 12. The SMILES string of the molecule is NC(=O)CC[C@@H](C(=O)O)N(CC(=O)O)CC(=O)O.NC(=O)CC[C@@H](C(=O)O)N(CC(=O)O)CC(=O)O.NC(=O)CC[C@@H](C(=O)O)N(CC(=O)O)CC(=O)O.NC(=O)CC[C@@H](C(=O)O)N(CC(=O)O)CC(=O)O.[H-].[H-].[H-].[H-].[Na+].[Na+].[Na+].[Na+]. The summed E-state index contributed by atoms with van der Waals surface area (Å²) in [5.41, 5.74) is 19.4. The van der Waals surface area contributed by atoms with E-state index < -0.39 is 172 Å². The van der Waals surface area contributed by atoms with E-state index >= 15 is 0 Å². The van der Waals surface area contributed by atoms with Crippen molar-refractivity contribution >= 4 is 95.3 Å². The van der Waals surface area contributed by atoms with Crippen molar-refractivity contribution in [3.05, 3.63) is 0 Å². The summed E-state index contributed by atoms with van der Waals surface area (Å²) in [7, 11) is 0. The third kappa shape index (κ3) is 51.5. The summed E-state index contributed by atoms with van der Waals surface area (Å²) in [4.78, 5) is 173. The molecule has 0 saturated carbocycles. The third-order valence-corrected chi connectivity index (χ3v) is 8.27. The molecule has 0 heterocycles. The van der Waals surface area contributed by atoms with Crippen LogP contribution in [0.2, 0.25) is 0 Å². The standard InChI is InChI=1S/4C9H14N2O7.4Na.4H/c4*10-6(12)2-1-5(9(17)18)11(3-7(13)14)4-8(15)16;;;;;;;;/h4*5H,1-4H2,(H2,10,12)(H,13,14)(H,15,16)(H,17,18);;;;;;;;/q;;;;4*+1;4*-1/t4*5-;;;;;;;;/m0000......../s1. The smallest absolute Gasteiger partial charge is 1.00 e. The van der Waals surface area contributed by atoms with Gasteiger partial charge in [0.2, 0.25) is 23.6 Å². The van der Waals surface area contributed by atoms with E-state index in [1.165, 1.54) is 0 Å². The second-order valence-corrected chi connectivity index (χ2v) is 14.2. The van der Waals surface area contributed by atoms with Gasteiger partial charge in [-0.2, -0.15) is 0 Å². The van der Waals surface area contributed by atoms with Crippen molar-refractivity contribution < 1.29 is 262 Å². The van der Waals surface area contributed by atoms with Gasteiger partial charge >= 0.3 is 190 Å². The van der Waals surface area contributed by atoms with Crippen molar-refractivity contribution in [1.29, 1.82) is 0 Å². The van der Waals surface area contributed by atoms with Crippen LogP contribution in [0.25, 0.3) is 0 Å². The van der Waals surface area contributed by atoms with Crippen LogP contribution < -0.4 is 141 Å². The van der Waals surface area contributed by atoms with Gasteiger partial charge in [-0.05, 0) is 25.7 Å². The molecule has 416 valence electrons.